The molecule has 1 aliphatic heterocycles. The molecular formula is C23H18Cl2N6O2. The van der Waals surface area contributed by atoms with Gasteiger partial charge in [0, 0.05) is 35.6 Å². The summed E-state index contributed by atoms with van der Waals surface area (Å²) in [5.41, 5.74) is 8.25. The van der Waals surface area contributed by atoms with Gasteiger partial charge in [0.05, 0.1) is 34.4 Å². The highest BCUT2D eigenvalue weighted by molar-refractivity contribution is 6.42. The number of hydrogen-bond acceptors (Lipinski definition) is 4. The molecule has 0 atom stereocenters. The van der Waals surface area contributed by atoms with E-state index < -0.39 is 5.91 Å². The SMILES string of the molecule is NC(=O)c1c(-c2ccc(Cl)c(Cl)c2)nn2c1CN(C(=O)Nc1ccc3ccncc3c1)CC2. The molecule has 0 bridgehead atoms. The van der Waals surface area contributed by atoms with Crippen molar-refractivity contribution in [2.45, 2.75) is 13.1 Å². The number of rotatable bonds is 3. The zero-order valence-electron chi connectivity index (χ0n) is 17.3. The molecule has 3 amide bonds. The summed E-state index contributed by atoms with van der Waals surface area (Å²) < 4.78 is 1.71. The second kappa shape index (κ2) is 8.38. The summed E-state index contributed by atoms with van der Waals surface area (Å²) in [5.74, 6) is -0.624. The standard InChI is InChI=1S/C23H18Cl2N6O2/c24-17-4-2-14(10-18(17)25)21-20(22(26)32)19-12-30(7-8-31(19)29-21)23(33)28-16-3-1-13-5-6-27-11-15(13)9-16/h1-6,9-11H,7-8,12H2,(H2,26,32)(H,28,33). The monoisotopic (exact) mass is 480 g/mol. The number of carbonyl (C=O) groups is 2. The minimum absolute atomic E-state index is 0.188. The largest absolute Gasteiger partial charge is 0.365 e. The predicted molar refractivity (Wildman–Crippen MR) is 127 cm³/mol. The zero-order chi connectivity index (χ0) is 23.1. The number of halogens is 2. The Morgan fingerprint density at radius 3 is 2.64 bits per heavy atom. The van der Waals surface area contributed by atoms with Gasteiger partial charge in [-0.2, -0.15) is 5.10 Å². The van der Waals surface area contributed by atoms with Crippen LogP contribution in [0.2, 0.25) is 10.0 Å². The van der Waals surface area contributed by atoms with Gasteiger partial charge in [0.15, 0.2) is 0 Å². The van der Waals surface area contributed by atoms with E-state index in [1.165, 1.54) is 0 Å². The lowest BCUT2D eigenvalue weighted by Crippen LogP contribution is -2.41. The highest BCUT2D eigenvalue weighted by Gasteiger charge is 2.29. The first-order valence-corrected chi connectivity index (χ1v) is 10.9. The van der Waals surface area contributed by atoms with Crippen molar-refractivity contribution in [3.63, 3.8) is 0 Å². The summed E-state index contributed by atoms with van der Waals surface area (Å²) in [5, 5.41) is 10.2. The van der Waals surface area contributed by atoms with Crippen LogP contribution in [0.5, 0.6) is 0 Å². The lowest BCUT2D eigenvalue weighted by molar-refractivity contribution is 0.0997. The van der Waals surface area contributed by atoms with E-state index in [4.69, 9.17) is 28.9 Å². The molecule has 8 nitrogen and oxygen atoms in total. The van der Waals surface area contributed by atoms with Gasteiger partial charge in [0.2, 0.25) is 0 Å². The number of nitrogens with one attached hydrogen (secondary N) is 1. The van der Waals surface area contributed by atoms with E-state index >= 15 is 0 Å². The molecule has 166 valence electrons. The minimum Gasteiger partial charge on any atom is -0.365 e. The molecule has 10 heteroatoms. The number of carbonyl (C=O) groups excluding carboxylic acids is 2. The smallest absolute Gasteiger partial charge is 0.322 e. The topological polar surface area (TPSA) is 106 Å². The number of nitrogens with two attached hydrogens (primary N) is 1. The number of pyridine rings is 1. The van der Waals surface area contributed by atoms with Crippen LogP contribution in [0.25, 0.3) is 22.0 Å². The first-order valence-electron chi connectivity index (χ1n) is 10.2. The number of anilines is 1. The van der Waals surface area contributed by atoms with Crippen LogP contribution >= 0.6 is 23.2 Å². The van der Waals surface area contributed by atoms with Gasteiger partial charge in [-0.3, -0.25) is 14.5 Å². The van der Waals surface area contributed by atoms with Crippen LogP contribution in [0.1, 0.15) is 16.1 Å². The summed E-state index contributed by atoms with van der Waals surface area (Å²) in [7, 11) is 0. The maximum atomic E-state index is 13.0. The third-order valence-electron chi connectivity index (χ3n) is 5.60. The molecule has 0 fully saturated rings. The van der Waals surface area contributed by atoms with Gasteiger partial charge in [-0.05, 0) is 35.7 Å². The molecule has 2 aromatic carbocycles. The molecule has 0 aliphatic carbocycles. The van der Waals surface area contributed by atoms with E-state index in [9.17, 15) is 9.59 Å². The number of nitrogens with zero attached hydrogens (tertiary/aromatic N) is 4. The fourth-order valence-electron chi connectivity index (χ4n) is 3.96. The van der Waals surface area contributed by atoms with Crippen molar-refractivity contribution in [2.24, 2.45) is 5.73 Å². The number of fused-ring (bicyclic) bond motifs is 2. The van der Waals surface area contributed by atoms with Gasteiger partial charge in [0.1, 0.15) is 5.69 Å². The molecule has 5 rings (SSSR count). The van der Waals surface area contributed by atoms with E-state index in [1.54, 1.807) is 40.2 Å². The van der Waals surface area contributed by atoms with E-state index in [2.05, 4.69) is 15.4 Å². The van der Waals surface area contributed by atoms with Crippen LogP contribution in [0.3, 0.4) is 0 Å². The van der Waals surface area contributed by atoms with Crippen molar-refractivity contribution in [3.05, 3.63) is 76.2 Å². The Bertz CT molecular complexity index is 1420. The van der Waals surface area contributed by atoms with Crippen LogP contribution in [-0.4, -0.2) is 38.1 Å². The summed E-state index contributed by atoms with van der Waals surface area (Å²) in [6.45, 7) is 1.04. The Hall–Kier alpha value is -3.62. The lowest BCUT2D eigenvalue weighted by Gasteiger charge is -2.28. The van der Waals surface area contributed by atoms with Crippen molar-refractivity contribution in [2.75, 3.05) is 11.9 Å². The fourth-order valence-corrected chi connectivity index (χ4v) is 4.26. The second-order valence-electron chi connectivity index (χ2n) is 7.68. The fraction of sp³-hybridized carbons (Fsp3) is 0.130. The molecule has 0 unspecified atom stereocenters. The van der Waals surface area contributed by atoms with Crippen molar-refractivity contribution in [1.82, 2.24) is 19.7 Å². The van der Waals surface area contributed by atoms with Crippen LogP contribution in [-0.2, 0) is 13.1 Å². The highest BCUT2D eigenvalue weighted by atomic mass is 35.5. The van der Waals surface area contributed by atoms with E-state index in [0.717, 1.165) is 10.8 Å². The van der Waals surface area contributed by atoms with Gasteiger partial charge >= 0.3 is 6.03 Å². The van der Waals surface area contributed by atoms with Crippen molar-refractivity contribution < 1.29 is 9.59 Å². The third-order valence-corrected chi connectivity index (χ3v) is 6.34. The summed E-state index contributed by atoms with van der Waals surface area (Å²) >= 11 is 12.2. The number of benzene rings is 2. The molecule has 33 heavy (non-hydrogen) atoms. The molecular weight excluding hydrogens is 463 g/mol. The van der Waals surface area contributed by atoms with Gasteiger partial charge in [-0.15, -0.1) is 0 Å². The average Bonchev–Trinajstić information content (AvgIpc) is 3.20. The lowest BCUT2D eigenvalue weighted by atomic mass is 10.0. The Kier molecular flexibility index (Phi) is 5.39. The third kappa shape index (κ3) is 3.99. The maximum Gasteiger partial charge on any atom is 0.322 e. The van der Waals surface area contributed by atoms with Crippen LogP contribution in [0.15, 0.2) is 54.9 Å². The normalized spacial score (nSPS) is 13.1. The van der Waals surface area contributed by atoms with Crippen LogP contribution in [0, 0.1) is 0 Å². The molecule has 0 spiro atoms. The van der Waals surface area contributed by atoms with Crippen molar-refractivity contribution in [1.29, 1.82) is 0 Å². The van der Waals surface area contributed by atoms with Gasteiger partial charge in [-0.25, -0.2) is 4.79 Å². The van der Waals surface area contributed by atoms with Gasteiger partial charge in [-0.1, -0.05) is 35.3 Å². The number of aromatic nitrogens is 3. The quantitative estimate of drug-likeness (QED) is 0.448. The Labute approximate surface area is 198 Å². The minimum atomic E-state index is -0.624. The predicted octanol–water partition coefficient (Wildman–Crippen LogP) is 4.55. The zero-order valence-corrected chi connectivity index (χ0v) is 18.8. The van der Waals surface area contributed by atoms with Crippen LogP contribution < -0.4 is 11.1 Å². The average molecular weight is 481 g/mol. The number of amides is 3. The first-order chi connectivity index (χ1) is 15.9. The van der Waals surface area contributed by atoms with E-state index in [1.807, 2.05) is 24.3 Å². The second-order valence-corrected chi connectivity index (χ2v) is 8.49. The van der Waals surface area contributed by atoms with E-state index in [0.29, 0.717) is 45.8 Å². The Balaban J connectivity index is 1.42. The van der Waals surface area contributed by atoms with Crippen molar-refractivity contribution >= 4 is 51.6 Å². The molecule has 4 aromatic rings. The van der Waals surface area contributed by atoms with Crippen LogP contribution in [0.4, 0.5) is 10.5 Å². The molecule has 3 N–H and O–H groups in total. The number of urea groups is 1. The summed E-state index contributed by atoms with van der Waals surface area (Å²) in [6.07, 6.45) is 3.47. The van der Waals surface area contributed by atoms with Gasteiger partial charge < -0.3 is 16.0 Å². The molecule has 3 heterocycles. The molecule has 2 aromatic heterocycles. The molecule has 0 radical (unpaired) electrons. The molecule has 1 aliphatic rings. The number of hydrogen-bond donors (Lipinski definition) is 2. The highest BCUT2D eigenvalue weighted by Crippen LogP contribution is 2.32. The Morgan fingerprint density at radius 2 is 1.85 bits per heavy atom. The van der Waals surface area contributed by atoms with E-state index in [-0.39, 0.29) is 18.1 Å². The first kappa shape index (κ1) is 21.2. The molecule has 0 saturated heterocycles. The van der Waals surface area contributed by atoms with Gasteiger partial charge in [0.25, 0.3) is 5.91 Å². The number of primary amides is 1. The summed E-state index contributed by atoms with van der Waals surface area (Å²) in [6, 6.07) is 12.3. The van der Waals surface area contributed by atoms with Crippen molar-refractivity contribution in [3.8, 4) is 11.3 Å². The molecule has 0 saturated carbocycles. The maximum absolute atomic E-state index is 13.0. The summed E-state index contributed by atoms with van der Waals surface area (Å²) in [4.78, 5) is 31.1. The Morgan fingerprint density at radius 1 is 1.00 bits per heavy atom.